The molecule has 0 aliphatic carbocycles. The third-order valence-corrected chi connectivity index (χ3v) is 4.40. The molecule has 1 heterocycles. The van der Waals surface area contributed by atoms with Crippen LogP contribution in [0.2, 0.25) is 0 Å². The monoisotopic (exact) mass is 306 g/mol. The van der Waals surface area contributed by atoms with Crippen LogP contribution in [-0.4, -0.2) is 60.8 Å². The molecule has 2 rings (SSSR count). The summed E-state index contributed by atoms with van der Waals surface area (Å²) in [4.78, 5) is 4.68. The number of hydrogen-bond donors (Lipinski definition) is 1. The van der Waals surface area contributed by atoms with Crippen LogP contribution in [0.4, 0.5) is 0 Å². The first-order valence-electron chi connectivity index (χ1n) is 8.25. The lowest BCUT2D eigenvalue weighted by molar-refractivity contribution is 0.0449. The van der Waals surface area contributed by atoms with Gasteiger partial charge in [0.25, 0.3) is 0 Å². The number of nitrogens with zero attached hydrogens (tertiary/aromatic N) is 2. The van der Waals surface area contributed by atoms with Gasteiger partial charge >= 0.3 is 0 Å². The predicted molar refractivity (Wildman–Crippen MR) is 90.2 cm³/mol. The van der Waals surface area contributed by atoms with Crippen LogP contribution >= 0.6 is 0 Å². The van der Waals surface area contributed by atoms with E-state index < -0.39 is 0 Å². The van der Waals surface area contributed by atoms with Gasteiger partial charge in [-0.2, -0.15) is 0 Å². The van der Waals surface area contributed by atoms with Crippen LogP contribution in [-0.2, 0) is 6.54 Å². The van der Waals surface area contributed by atoms with Crippen molar-refractivity contribution < 1.29 is 9.84 Å². The number of rotatable bonds is 6. The Morgan fingerprint density at radius 2 is 2.05 bits per heavy atom. The molecule has 2 atom stereocenters. The van der Waals surface area contributed by atoms with Gasteiger partial charge in [-0.15, -0.1) is 0 Å². The van der Waals surface area contributed by atoms with Crippen molar-refractivity contribution in [3.63, 3.8) is 0 Å². The molecule has 1 N–H and O–H groups in total. The van der Waals surface area contributed by atoms with Crippen molar-refractivity contribution in [3.05, 3.63) is 29.8 Å². The van der Waals surface area contributed by atoms with E-state index in [2.05, 4.69) is 49.9 Å². The SMILES string of the molecule is CC(C)Oc1ccccc1CN1CCC(N(C)C)C(CO)C1. The van der Waals surface area contributed by atoms with Gasteiger partial charge in [-0.3, -0.25) is 4.90 Å². The summed E-state index contributed by atoms with van der Waals surface area (Å²) in [6, 6.07) is 8.76. The molecule has 4 nitrogen and oxygen atoms in total. The third-order valence-electron chi connectivity index (χ3n) is 4.40. The Hall–Kier alpha value is -1.10. The third kappa shape index (κ3) is 4.45. The van der Waals surface area contributed by atoms with Crippen molar-refractivity contribution in [3.8, 4) is 5.75 Å². The van der Waals surface area contributed by atoms with E-state index in [0.29, 0.717) is 12.0 Å². The second-order valence-corrected chi connectivity index (χ2v) is 6.77. The summed E-state index contributed by atoms with van der Waals surface area (Å²) in [6.45, 7) is 7.26. The number of ether oxygens (including phenoxy) is 1. The van der Waals surface area contributed by atoms with Crippen LogP contribution in [0, 0.1) is 5.92 Å². The molecule has 124 valence electrons. The Kier molecular flexibility index (Phi) is 6.24. The summed E-state index contributed by atoms with van der Waals surface area (Å²) < 4.78 is 5.92. The summed E-state index contributed by atoms with van der Waals surface area (Å²) >= 11 is 0. The van der Waals surface area contributed by atoms with E-state index in [-0.39, 0.29) is 12.7 Å². The average molecular weight is 306 g/mol. The lowest BCUT2D eigenvalue weighted by atomic mass is 9.91. The van der Waals surface area contributed by atoms with Gasteiger partial charge in [0, 0.05) is 43.8 Å². The summed E-state index contributed by atoms with van der Waals surface area (Å²) in [5.41, 5.74) is 1.23. The number of aliphatic hydroxyl groups excluding tert-OH is 1. The highest BCUT2D eigenvalue weighted by Crippen LogP contribution is 2.25. The van der Waals surface area contributed by atoms with Crippen LogP contribution in [0.25, 0.3) is 0 Å². The van der Waals surface area contributed by atoms with Crippen molar-refractivity contribution >= 4 is 0 Å². The molecular formula is C18H30N2O2. The molecule has 0 radical (unpaired) electrons. The van der Waals surface area contributed by atoms with Gasteiger partial charge in [0.1, 0.15) is 5.75 Å². The number of aliphatic hydroxyl groups is 1. The predicted octanol–water partition coefficient (Wildman–Crippen LogP) is 2.22. The minimum atomic E-state index is 0.186. The molecule has 4 heteroatoms. The maximum absolute atomic E-state index is 9.69. The summed E-state index contributed by atoms with van der Waals surface area (Å²) in [7, 11) is 4.21. The second-order valence-electron chi connectivity index (χ2n) is 6.77. The average Bonchev–Trinajstić information content (AvgIpc) is 2.48. The van der Waals surface area contributed by atoms with Crippen molar-refractivity contribution in [2.45, 2.75) is 39.0 Å². The van der Waals surface area contributed by atoms with Crippen LogP contribution in [0.3, 0.4) is 0 Å². The van der Waals surface area contributed by atoms with E-state index in [4.69, 9.17) is 4.74 Å². The van der Waals surface area contributed by atoms with Crippen LogP contribution in [0.5, 0.6) is 5.75 Å². The Morgan fingerprint density at radius 3 is 2.68 bits per heavy atom. The number of benzene rings is 1. The standard InChI is InChI=1S/C18H30N2O2/c1-14(2)22-18-8-6-5-7-15(18)11-20-10-9-17(19(3)4)16(12-20)13-21/h5-8,14,16-17,21H,9-13H2,1-4H3. The van der Waals surface area contributed by atoms with E-state index in [9.17, 15) is 5.11 Å². The lowest BCUT2D eigenvalue weighted by Gasteiger charge is -2.41. The van der Waals surface area contributed by atoms with Crippen LogP contribution < -0.4 is 4.74 Å². The summed E-state index contributed by atoms with van der Waals surface area (Å²) in [5.74, 6) is 1.30. The van der Waals surface area contributed by atoms with Crippen molar-refractivity contribution in [2.24, 2.45) is 5.92 Å². The molecule has 1 saturated heterocycles. The first-order chi connectivity index (χ1) is 10.5. The molecule has 0 spiro atoms. The molecule has 1 aromatic rings. The first kappa shape index (κ1) is 17.3. The van der Waals surface area contributed by atoms with Crippen molar-refractivity contribution in [1.29, 1.82) is 0 Å². The molecule has 1 aromatic carbocycles. The summed E-state index contributed by atoms with van der Waals surface area (Å²) in [5, 5.41) is 9.69. The molecule has 1 aliphatic rings. The van der Waals surface area contributed by atoms with E-state index in [1.165, 1.54) is 5.56 Å². The smallest absolute Gasteiger partial charge is 0.124 e. The van der Waals surface area contributed by atoms with E-state index >= 15 is 0 Å². The maximum atomic E-state index is 9.69. The van der Waals surface area contributed by atoms with Gasteiger partial charge in [0.15, 0.2) is 0 Å². The highest BCUT2D eigenvalue weighted by Gasteiger charge is 2.30. The minimum absolute atomic E-state index is 0.186. The van der Waals surface area contributed by atoms with E-state index in [1.807, 2.05) is 12.1 Å². The largest absolute Gasteiger partial charge is 0.491 e. The Bertz CT molecular complexity index is 462. The molecule has 2 unspecified atom stereocenters. The Labute approximate surface area is 134 Å². The Morgan fingerprint density at radius 1 is 1.32 bits per heavy atom. The minimum Gasteiger partial charge on any atom is -0.491 e. The van der Waals surface area contributed by atoms with Gasteiger partial charge in [0.2, 0.25) is 0 Å². The topological polar surface area (TPSA) is 35.9 Å². The number of piperidine rings is 1. The fourth-order valence-corrected chi connectivity index (χ4v) is 3.34. The van der Waals surface area contributed by atoms with Crippen LogP contribution in [0.1, 0.15) is 25.8 Å². The van der Waals surface area contributed by atoms with Crippen molar-refractivity contribution in [2.75, 3.05) is 33.8 Å². The fourth-order valence-electron chi connectivity index (χ4n) is 3.34. The van der Waals surface area contributed by atoms with Crippen LogP contribution in [0.15, 0.2) is 24.3 Å². The lowest BCUT2D eigenvalue weighted by Crippen LogP contribution is -2.49. The number of hydrogen-bond acceptors (Lipinski definition) is 4. The molecule has 0 bridgehead atoms. The molecular weight excluding hydrogens is 276 g/mol. The number of para-hydroxylation sites is 1. The van der Waals surface area contributed by atoms with Gasteiger partial charge in [-0.25, -0.2) is 0 Å². The highest BCUT2D eigenvalue weighted by molar-refractivity contribution is 5.33. The molecule has 0 amide bonds. The quantitative estimate of drug-likeness (QED) is 0.874. The molecule has 0 aromatic heterocycles. The Balaban J connectivity index is 2.03. The molecule has 1 fully saturated rings. The van der Waals surface area contributed by atoms with E-state index in [0.717, 1.165) is 31.8 Å². The van der Waals surface area contributed by atoms with Gasteiger partial charge < -0.3 is 14.7 Å². The van der Waals surface area contributed by atoms with Crippen molar-refractivity contribution in [1.82, 2.24) is 9.80 Å². The molecule has 1 aliphatic heterocycles. The maximum Gasteiger partial charge on any atom is 0.124 e. The second kappa shape index (κ2) is 7.95. The van der Waals surface area contributed by atoms with Gasteiger partial charge in [-0.1, -0.05) is 18.2 Å². The normalized spacial score (nSPS) is 23.2. The fraction of sp³-hybridized carbons (Fsp3) is 0.667. The molecule has 0 saturated carbocycles. The highest BCUT2D eigenvalue weighted by atomic mass is 16.5. The van der Waals surface area contributed by atoms with E-state index in [1.54, 1.807) is 0 Å². The zero-order valence-electron chi connectivity index (χ0n) is 14.3. The number of likely N-dealkylation sites (tertiary alicyclic amines) is 1. The summed E-state index contributed by atoms with van der Waals surface area (Å²) in [6.07, 6.45) is 1.29. The van der Waals surface area contributed by atoms with Gasteiger partial charge in [0.05, 0.1) is 6.10 Å². The first-order valence-corrected chi connectivity index (χ1v) is 8.25. The van der Waals surface area contributed by atoms with Gasteiger partial charge in [-0.05, 0) is 40.4 Å². The zero-order valence-corrected chi connectivity index (χ0v) is 14.3. The molecule has 22 heavy (non-hydrogen) atoms. The zero-order chi connectivity index (χ0) is 16.1.